The van der Waals surface area contributed by atoms with E-state index < -0.39 is 8.11 Å². The Morgan fingerprint density at radius 3 is 2.50 bits per heavy atom. The molecule has 1 saturated heterocycles. The largest absolute Gasteiger partial charge is 0.172 e. The molecule has 0 N–H and O–H groups in total. The van der Waals surface area contributed by atoms with Gasteiger partial charge >= 0.3 is 0 Å². The molecule has 1 aliphatic heterocycles. The smallest absolute Gasteiger partial charge is 0.135 e. The lowest BCUT2D eigenvalue weighted by atomic mass is 10.6. The van der Waals surface area contributed by atoms with E-state index >= 15 is 0 Å². The number of rotatable bonds is 2. The van der Waals surface area contributed by atoms with Crippen molar-refractivity contribution in [2.24, 2.45) is 0 Å². The van der Waals surface area contributed by atoms with Crippen LogP contribution in [0.4, 0.5) is 0 Å². The quantitative estimate of drug-likeness (QED) is 0.431. The van der Waals surface area contributed by atoms with E-state index in [2.05, 4.69) is 6.92 Å². The van der Waals surface area contributed by atoms with Crippen molar-refractivity contribution in [2.75, 3.05) is 0 Å². The van der Waals surface area contributed by atoms with E-state index in [0.29, 0.717) is 0 Å². The third kappa shape index (κ3) is 1.60. The molecule has 0 amide bonds. The van der Waals surface area contributed by atoms with E-state index in [1.165, 1.54) is 6.42 Å². The van der Waals surface area contributed by atoms with Crippen LogP contribution in [0.1, 0.15) is 13.3 Å². The van der Waals surface area contributed by atoms with Gasteiger partial charge in [-0.2, -0.15) is 11.1 Å². The van der Waals surface area contributed by atoms with Gasteiger partial charge in [0.15, 0.2) is 0 Å². The van der Waals surface area contributed by atoms with Crippen LogP contribution in [0.15, 0.2) is 0 Å². The van der Waals surface area contributed by atoms with Gasteiger partial charge in [0.2, 0.25) is 0 Å². The first-order valence-electron chi connectivity index (χ1n) is 3.47. The third-order valence-electron chi connectivity index (χ3n) is 1.88. The number of halogens is 1. The predicted octanol–water partition coefficient (Wildman–Crippen LogP) is 1.68. The Bertz CT molecular complexity index is 68.1. The second kappa shape index (κ2) is 3.04. The molecule has 1 aliphatic rings. The Hall–Kier alpha value is 0.724. The van der Waals surface area contributed by atoms with Crippen LogP contribution in [0.5, 0.6) is 0 Å². The Morgan fingerprint density at radius 1 is 1.50 bits per heavy atom. The summed E-state index contributed by atoms with van der Waals surface area (Å²) in [5, 5.41) is 0. The highest BCUT2D eigenvalue weighted by molar-refractivity contribution is 7.20. The van der Waals surface area contributed by atoms with Gasteiger partial charge in [0, 0.05) is 8.80 Å². The van der Waals surface area contributed by atoms with Crippen LogP contribution in [0.25, 0.3) is 0 Å². The molecule has 8 heavy (non-hydrogen) atoms. The second-order valence-corrected chi connectivity index (χ2v) is 11.9. The van der Waals surface area contributed by atoms with E-state index in [-0.39, 0.29) is 8.80 Å². The van der Waals surface area contributed by atoms with Crippen molar-refractivity contribution in [1.29, 1.82) is 0 Å². The summed E-state index contributed by atoms with van der Waals surface area (Å²) >= 11 is 5.95. The highest BCUT2D eigenvalue weighted by Crippen LogP contribution is 2.26. The molecular weight excluding hydrogens is 152 g/mol. The number of hydrogen-bond acceptors (Lipinski definition) is 0. The summed E-state index contributed by atoms with van der Waals surface area (Å²) in [7, 11) is -0.654. The van der Waals surface area contributed by atoms with Crippen LogP contribution in [-0.4, -0.2) is 16.9 Å². The molecule has 0 nitrogen and oxygen atoms in total. The van der Waals surface area contributed by atoms with Gasteiger partial charge in [-0.3, -0.25) is 0 Å². The Morgan fingerprint density at radius 2 is 2.12 bits per heavy atom. The van der Waals surface area contributed by atoms with E-state index in [9.17, 15) is 0 Å². The first-order valence-corrected chi connectivity index (χ1v) is 9.29. The lowest BCUT2D eigenvalue weighted by molar-refractivity contribution is 1.05. The van der Waals surface area contributed by atoms with Gasteiger partial charge in [-0.25, -0.2) is 0 Å². The van der Waals surface area contributed by atoms with Gasteiger partial charge < -0.3 is 0 Å². The summed E-state index contributed by atoms with van der Waals surface area (Å²) in [6.07, 6.45) is 1.41. The van der Waals surface area contributed by atoms with Crippen LogP contribution in [0.2, 0.25) is 17.4 Å². The molecule has 1 rings (SSSR count). The SMILES string of the molecule is CCC[SiH]1C[SiH](Cl)C1. The van der Waals surface area contributed by atoms with Gasteiger partial charge in [-0.1, -0.05) is 30.7 Å². The maximum absolute atomic E-state index is 5.95. The molecule has 0 spiro atoms. The van der Waals surface area contributed by atoms with Crippen LogP contribution in [0.3, 0.4) is 0 Å². The summed E-state index contributed by atoms with van der Waals surface area (Å²) in [5.74, 6) is 0. The molecule has 0 aromatic carbocycles. The summed E-state index contributed by atoms with van der Waals surface area (Å²) in [4.78, 5) is 0. The number of hydrogen-bond donors (Lipinski definition) is 0. The van der Waals surface area contributed by atoms with Crippen molar-refractivity contribution in [2.45, 2.75) is 30.7 Å². The first kappa shape index (κ1) is 6.84. The third-order valence-corrected chi connectivity index (χ3v) is 15.9. The fraction of sp³-hybridized carbons (Fsp3) is 1.00. The van der Waals surface area contributed by atoms with E-state index in [4.69, 9.17) is 11.1 Å². The van der Waals surface area contributed by atoms with Crippen LogP contribution in [-0.2, 0) is 0 Å². The fourth-order valence-electron chi connectivity index (χ4n) is 1.30. The minimum Gasteiger partial charge on any atom is -0.172 e. The Labute approximate surface area is 59.2 Å². The van der Waals surface area contributed by atoms with Gasteiger partial charge in [0.25, 0.3) is 0 Å². The van der Waals surface area contributed by atoms with Crippen molar-refractivity contribution in [3.8, 4) is 0 Å². The molecule has 0 bridgehead atoms. The van der Waals surface area contributed by atoms with Crippen LogP contribution >= 0.6 is 11.1 Å². The summed E-state index contributed by atoms with van der Waals surface area (Å²) in [6.45, 7) is 2.29. The minimum absolute atomic E-state index is 0.129. The zero-order valence-electron chi connectivity index (χ0n) is 5.36. The maximum atomic E-state index is 5.95. The molecule has 0 atom stereocenters. The minimum atomic E-state index is -0.525. The lowest BCUT2D eigenvalue weighted by Crippen LogP contribution is -2.35. The van der Waals surface area contributed by atoms with Crippen molar-refractivity contribution < 1.29 is 0 Å². The monoisotopic (exact) mass is 164 g/mol. The standard InChI is InChI=1S/C5H13ClSi2/c1-2-3-7-4-8(6)5-7/h7-8H,2-5H2,1H3. The molecule has 0 aromatic rings. The summed E-state index contributed by atoms with van der Waals surface area (Å²) < 4.78 is 0. The van der Waals surface area contributed by atoms with Gasteiger partial charge in [-0.05, 0) is 0 Å². The van der Waals surface area contributed by atoms with E-state index in [1.54, 1.807) is 17.4 Å². The van der Waals surface area contributed by atoms with E-state index in [1.807, 2.05) is 0 Å². The molecule has 3 heteroatoms. The Kier molecular flexibility index (Phi) is 2.60. The average molecular weight is 165 g/mol. The van der Waals surface area contributed by atoms with Crippen LogP contribution < -0.4 is 0 Å². The molecule has 0 unspecified atom stereocenters. The van der Waals surface area contributed by atoms with Gasteiger partial charge in [0.05, 0.1) is 0 Å². The first-order chi connectivity index (χ1) is 3.83. The molecule has 0 aromatic heterocycles. The van der Waals surface area contributed by atoms with E-state index in [0.717, 1.165) is 0 Å². The predicted molar refractivity (Wildman–Crippen MR) is 44.9 cm³/mol. The van der Waals surface area contributed by atoms with Crippen molar-refractivity contribution >= 4 is 28.0 Å². The summed E-state index contributed by atoms with van der Waals surface area (Å²) in [6, 6.07) is 1.57. The highest BCUT2D eigenvalue weighted by Gasteiger charge is 2.28. The molecule has 0 aliphatic carbocycles. The zero-order chi connectivity index (χ0) is 5.98. The second-order valence-electron chi connectivity index (χ2n) is 2.72. The fourth-order valence-corrected chi connectivity index (χ4v) is 13.8. The van der Waals surface area contributed by atoms with Crippen molar-refractivity contribution in [3.63, 3.8) is 0 Å². The topological polar surface area (TPSA) is 0 Å². The zero-order valence-corrected chi connectivity index (χ0v) is 8.43. The van der Waals surface area contributed by atoms with Gasteiger partial charge in [0.1, 0.15) is 8.11 Å². The molecule has 48 valence electrons. The van der Waals surface area contributed by atoms with Crippen molar-refractivity contribution in [3.05, 3.63) is 0 Å². The maximum Gasteiger partial charge on any atom is 0.135 e. The highest BCUT2D eigenvalue weighted by atomic mass is 35.6. The molecule has 1 heterocycles. The average Bonchev–Trinajstić information content (AvgIpc) is 1.64. The lowest BCUT2D eigenvalue weighted by Gasteiger charge is -2.27. The van der Waals surface area contributed by atoms with Crippen LogP contribution in [0, 0.1) is 0 Å². The summed E-state index contributed by atoms with van der Waals surface area (Å²) in [5.41, 5.74) is 3.10. The molecular formula is C5H13ClSi2. The molecule has 0 radical (unpaired) electrons. The molecule has 1 fully saturated rings. The van der Waals surface area contributed by atoms with Gasteiger partial charge in [-0.15, -0.1) is 0 Å². The normalized spacial score (nSPS) is 36.8. The Balaban J connectivity index is 1.98. The molecule has 0 saturated carbocycles. The van der Waals surface area contributed by atoms with Crippen molar-refractivity contribution in [1.82, 2.24) is 0 Å².